The highest BCUT2D eigenvalue weighted by Crippen LogP contribution is 2.43. The van der Waals surface area contributed by atoms with Crippen LogP contribution in [0.15, 0.2) is 77.7 Å². The second-order valence-corrected chi connectivity index (χ2v) is 15.2. The Labute approximate surface area is 200 Å². The van der Waals surface area contributed by atoms with Crippen molar-refractivity contribution in [2.45, 2.75) is 49.0 Å². The van der Waals surface area contributed by atoms with Crippen molar-refractivity contribution in [3.63, 3.8) is 0 Å². The molecule has 6 nitrogen and oxygen atoms in total. The molecule has 174 valence electrons. The Bertz CT molecular complexity index is 1100. The SMILES string of the molecule is CC(C)(C)[Si](OC[C@H]1S[C@@H](n2ccc(N)nc2=O)C[C@H]1O)(c1ccccc1)c1ccccc1. The second-order valence-electron chi connectivity index (χ2n) is 9.45. The fourth-order valence-electron chi connectivity index (χ4n) is 4.65. The number of aliphatic hydroxyl groups is 1. The third-order valence-corrected chi connectivity index (χ3v) is 12.8. The molecule has 1 aliphatic rings. The molecule has 2 aromatic carbocycles. The molecule has 0 radical (unpaired) electrons. The Morgan fingerprint density at radius 2 is 1.67 bits per heavy atom. The molecule has 1 aromatic heterocycles. The zero-order chi connectivity index (χ0) is 23.6. The number of aromatic nitrogens is 2. The molecule has 33 heavy (non-hydrogen) atoms. The molecule has 0 aliphatic carbocycles. The maximum atomic E-state index is 12.3. The van der Waals surface area contributed by atoms with Crippen LogP contribution < -0.4 is 21.8 Å². The largest absolute Gasteiger partial charge is 0.406 e. The highest BCUT2D eigenvalue weighted by atomic mass is 32.2. The van der Waals surface area contributed by atoms with Crippen LogP contribution in [0, 0.1) is 0 Å². The number of hydrogen-bond acceptors (Lipinski definition) is 6. The summed E-state index contributed by atoms with van der Waals surface area (Å²) in [4.78, 5) is 16.1. The van der Waals surface area contributed by atoms with Crippen LogP contribution in [0.25, 0.3) is 0 Å². The monoisotopic (exact) mass is 481 g/mol. The average Bonchev–Trinajstić information content (AvgIpc) is 3.15. The average molecular weight is 482 g/mol. The number of anilines is 1. The lowest BCUT2D eigenvalue weighted by atomic mass is 10.2. The Hall–Kier alpha value is -2.39. The Morgan fingerprint density at radius 1 is 1.09 bits per heavy atom. The van der Waals surface area contributed by atoms with Gasteiger partial charge in [0.15, 0.2) is 0 Å². The smallest absolute Gasteiger partial charge is 0.350 e. The van der Waals surface area contributed by atoms with E-state index in [0.717, 1.165) is 0 Å². The Kier molecular flexibility index (Phi) is 6.81. The third-order valence-electron chi connectivity index (χ3n) is 6.25. The molecule has 0 amide bonds. The third kappa shape index (κ3) is 4.66. The summed E-state index contributed by atoms with van der Waals surface area (Å²) in [6.07, 6.45) is 1.54. The van der Waals surface area contributed by atoms with Gasteiger partial charge in [0, 0.05) is 19.2 Å². The Morgan fingerprint density at radius 3 is 2.18 bits per heavy atom. The quantitative estimate of drug-likeness (QED) is 0.526. The highest BCUT2D eigenvalue weighted by molar-refractivity contribution is 8.00. The normalized spacial score (nSPS) is 21.3. The zero-order valence-corrected chi connectivity index (χ0v) is 21.0. The molecule has 1 saturated heterocycles. The van der Waals surface area contributed by atoms with Gasteiger partial charge in [0.25, 0.3) is 8.32 Å². The van der Waals surface area contributed by atoms with Crippen molar-refractivity contribution in [3.05, 3.63) is 83.4 Å². The molecule has 3 atom stereocenters. The van der Waals surface area contributed by atoms with Crippen LogP contribution in [0.5, 0.6) is 0 Å². The van der Waals surface area contributed by atoms with E-state index in [0.29, 0.717) is 13.0 Å². The first-order valence-electron chi connectivity index (χ1n) is 11.2. The number of benzene rings is 2. The van der Waals surface area contributed by atoms with Crippen molar-refractivity contribution < 1.29 is 9.53 Å². The first kappa shape index (κ1) is 23.8. The zero-order valence-electron chi connectivity index (χ0n) is 19.2. The van der Waals surface area contributed by atoms with Crippen LogP contribution in [0.1, 0.15) is 32.6 Å². The minimum absolute atomic E-state index is 0.138. The molecule has 8 heteroatoms. The van der Waals surface area contributed by atoms with Gasteiger partial charge in [-0.15, -0.1) is 11.8 Å². The summed E-state index contributed by atoms with van der Waals surface area (Å²) in [6.45, 7) is 7.10. The molecule has 1 fully saturated rings. The van der Waals surface area contributed by atoms with Crippen LogP contribution >= 0.6 is 11.8 Å². The van der Waals surface area contributed by atoms with Crippen molar-refractivity contribution in [2.24, 2.45) is 0 Å². The van der Waals surface area contributed by atoms with E-state index in [1.54, 1.807) is 28.6 Å². The second kappa shape index (κ2) is 9.46. The van der Waals surface area contributed by atoms with Crippen molar-refractivity contribution in [1.29, 1.82) is 0 Å². The highest BCUT2D eigenvalue weighted by Gasteiger charge is 2.51. The number of nitrogens with two attached hydrogens (primary N) is 1. The van der Waals surface area contributed by atoms with Gasteiger partial charge in [-0.3, -0.25) is 4.57 Å². The van der Waals surface area contributed by atoms with E-state index in [9.17, 15) is 9.90 Å². The van der Waals surface area contributed by atoms with Crippen molar-refractivity contribution in [1.82, 2.24) is 9.55 Å². The van der Waals surface area contributed by atoms with Crippen LogP contribution in [0.2, 0.25) is 5.04 Å². The van der Waals surface area contributed by atoms with Gasteiger partial charge in [-0.05, 0) is 21.5 Å². The van der Waals surface area contributed by atoms with Crippen LogP contribution in [-0.4, -0.2) is 40.9 Å². The van der Waals surface area contributed by atoms with Gasteiger partial charge in [-0.1, -0.05) is 81.4 Å². The van der Waals surface area contributed by atoms with Gasteiger partial charge in [0.05, 0.1) is 16.7 Å². The lowest BCUT2D eigenvalue weighted by Crippen LogP contribution is -2.67. The van der Waals surface area contributed by atoms with Gasteiger partial charge in [0.2, 0.25) is 0 Å². The molecule has 0 saturated carbocycles. The number of aliphatic hydroxyl groups excluding tert-OH is 1. The summed E-state index contributed by atoms with van der Waals surface area (Å²) in [6, 6.07) is 22.5. The van der Waals surface area contributed by atoms with Gasteiger partial charge in [-0.2, -0.15) is 4.98 Å². The molecule has 1 aliphatic heterocycles. The Balaban J connectivity index is 1.65. The predicted octanol–water partition coefficient (Wildman–Crippen LogP) is 2.77. The van der Waals surface area contributed by atoms with Crippen LogP contribution in [0.3, 0.4) is 0 Å². The lowest BCUT2D eigenvalue weighted by Gasteiger charge is -2.43. The topological polar surface area (TPSA) is 90.4 Å². The lowest BCUT2D eigenvalue weighted by molar-refractivity contribution is 0.140. The van der Waals surface area contributed by atoms with Gasteiger partial charge >= 0.3 is 5.69 Å². The minimum atomic E-state index is -2.69. The molecule has 0 bridgehead atoms. The fraction of sp³-hybridized carbons (Fsp3) is 0.360. The van der Waals surface area contributed by atoms with Gasteiger partial charge in [0.1, 0.15) is 5.82 Å². The number of nitrogens with zero attached hydrogens (tertiary/aromatic N) is 2. The summed E-state index contributed by atoms with van der Waals surface area (Å²) < 4.78 is 8.54. The van der Waals surface area contributed by atoms with E-state index in [-0.39, 0.29) is 21.5 Å². The summed E-state index contributed by atoms with van der Waals surface area (Å²) in [5, 5.41) is 12.8. The van der Waals surface area contributed by atoms with E-state index >= 15 is 0 Å². The van der Waals surface area contributed by atoms with E-state index in [2.05, 4.69) is 74.3 Å². The number of rotatable bonds is 6. The van der Waals surface area contributed by atoms with E-state index in [1.807, 2.05) is 12.1 Å². The van der Waals surface area contributed by atoms with E-state index in [4.69, 9.17) is 10.2 Å². The summed E-state index contributed by atoms with van der Waals surface area (Å²) >= 11 is 1.56. The summed E-state index contributed by atoms with van der Waals surface area (Å²) in [5.41, 5.74) is 5.24. The van der Waals surface area contributed by atoms with Gasteiger partial charge in [-0.25, -0.2) is 4.79 Å². The maximum Gasteiger partial charge on any atom is 0.350 e. The summed E-state index contributed by atoms with van der Waals surface area (Å²) in [7, 11) is -2.69. The van der Waals surface area contributed by atoms with Crippen LogP contribution in [-0.2, 0) is 4.43 Å². The molecule has 3 N–H and O–H groups in total. The predicted molar refractivity (Wildman–Crippen MR) is 138 cm³/mol. The van der Waals surface area contributed by atoms with Gasteiger partial charge < -0.3 is 15.3 Å². The molecular weight excluding hydrogens is 450 g/mol. The first-order chi connectivity index (χ1) is 15.7. The van der Waals surface area contributed by atoms with E-state index in [1.165, 1.54) is 10.4 Å². The van der Waals surface area contributed by atoms with Crippen molar-refractivity contribution in [2.75, 3.05) is 12.3 Å². The van der Waals surface area contributed by atoms with Crippen molar-refractivity contribution >= 4 is 36.3 Å². The molecule has 0 spiro atoms. The number of nitrogen functional groups attached to an aromatic ring is 1. The summed E-state index contributed by atoms with van der Waals surface area (Å²) in [5.74, 6) is 0.200. The van der Waals surface area contributed by atoms with Crippen molar-refractivity contribution in [3.8, 4) is 0 Å². The molecule has 3 aromatic rings. The standard InChI is InChI=1S/C25H31N3O3SSi/c1-25(2,3)33(18-10-6-4-7-11-18,19-12-8-5-9-13-19)31-17-21-20(29)16-23(32-21)28-15-14-22(26)27-24(28)30/h4-15,20-21,23,29H,16-17H2,1-3H3,(H2,26,27,30)/t20-,21-,23-/m1/s1. The molecule has 4 rings (SSSR count). The maximum absolute atomic E-state index is 12.3. The fourth-order valence-corrected chi connectivity index (χ4v) is 10.8. The minimum Gasteiger partial charge on any atom is -0.406 e. The van der Waals surface area contributed by atoms with E-state index < -0.39 is 20.1 Å². The number of hydrogen-bond donors (Lipinski definition) is 2. The molecule has 2 heterocycles. The molecule has 0 unspecified atom stereocenters. The number of thioether (sulfide) groups is 1. The molecular formula is C25H31N3O3SSi. The first-order valence-corrected chi connectivity index (χ1v) is 14.0. The van der Waals surface area contributed by atoms with Crippen LogP contribution in [0.4, 0.5) is 5.82 Å².